The first-order valence-electron chi connectivity index (χ1n) is 6.92. The number of amides is 2. The van der Waals surface area contributed by atoms with Crippen LogP contribution >= 0.6 is 0 Å². The van der Waals surface area contributed by atoms with E-state index in [-0.39, 0.29) is 30.6 Å². The van der Waals surface area contributed by atoms with Crippen LogP contribution in [0.3, 0.4) is 0 Å². The van der Waals surface area contributed by atoms with Crippen molar-refractivity contribution < 1.29 is 13.2 Å². The Kier molecular flexibility index (Phi) is 3.41. The Labute approximate surface area is 118 Å². The molecule has 0 spiro atoms. The highest BCUT2D eigenvalue weighted by Crippen LogP contribution is 2.25. The van der Waals surface area contributed by atoms with E-state index in [0.29, 0.717) is 0 Å². The maximum Gasteiger partial charge on any atom is 0.321 e. The summed E-state index contributed by atoms with van der Waals surface area (Å²) < 4.78 is 22.7. The highest BCUT2D eigenvalue weighted by molar-refractivity contribution is 7.91. The molecule has 2 aliphatic rings. The average molecular weight is 294 g/mol. The number of hydrogen-bond acceptors (Lipinski definition) is 3. The Hall–Kier alpha value is -1.56. The van der Waals surface area contributed by atoms with Crippen molar-refractivity contribution in [3.8, 4) is 0 Å². The van der Waals surface area contributed by atoms with Crippen molar-refractivity contribution in [1.29, 1.82) is 0 Å². The molecule has 1 aliphatic carbocycles. The van der Waals surface area contributed by atoms with E-state index in [4.69, 9.17) is 0 Å². The second-order valence-corrected chi connectivity index (χ2v) is 7.71. The highest BCUT2D eigenvalue weighted by Gasteiger charge is 2.25. The smallest absolute Gasteiger partial charge is 0.321 e. The van der Waals surface area contributed by atoms with Crippen molar-refractivity contribution in [2.24, 2.45) is 0 Å². The summed E-state index contributed by atoms with van der Waals surface area (Å²) in [5.74, 6) is 0.120. The van der Waals surface area contributed by atoms with Crippen LogP contribution in [0.2, 0.25) is 0 Å². The van der Waals surface area contributed by atoms with Crippen LogP contribution < -0.4 is 5.32 Å². The van der Waals surface area contributed by atoms with Crippen molar-refractivity contribution >= 4 is 21.6 Å². The zero-order chi connectivity index (χ0) is 14.2. The molecular weight excluding hydrogens is 276 g/mol. The predicted molar refractivity (Wildman–Crippen MR) is 77.7 cm³/mol. The fraction of sp³-hybridized carbons (Fsp3) is 0.500. The molecule has 1 aromatic rings. The Balaban J connectivity index is 1.65. The summed E-state index contributed by atoms with van der Waals surface area (Å²) in [5.41, 5.74) is 3.47. The van der Waals surface area contributed by atoms with E-state index in [2.05, 4.69) is 11.4 Å². The Morgan fingerprint density at radius 1 is 1.10 bits per heavy atom. The Bertz CT molecular complexity index is 626. The van der Waals surface area contributed by atoms with Crippen molar-refractivity contribution in [3.63, 3.8) is 0 Å². The van der Waals surface area contributed by atoms with Gasteiger partial charge in [0.05, 0.1) is 11.5 Å². The van der Waals surface area contributed by atoms with Crippen molar-refractivity contribution in [3.05, 3.63) is 29.3 Å². The molecule has 0 saturated carbocycles. The third-order valence-electron chi connectivity index (χ3n) is 3.98. The number of carbonyl (C=O) groups excluding carboxylic acids is 1. The molecule has 0 unspecified atom stereocenters. The predicted octanol–water partition coefficient (Wildman–Crippen LogP) is 1.44. The van der Waals surface area contributed by atoms with Crippen molar-refractivity contribution in [2.75, 3.05) is 29.9 Å². The fourth-order valence-corrected chi connectivity index (χ4v) is 3.97. The van der Waals surface area contributed by atoms with Gasteiger partial charge in [-0.05, 0) is 42.5 Å². The molecular formula is C14H18N2O3S. The van der Waals surface area contributed by atoms with Gasteiger partial charge in [0.25, 0.3) is 0 Å². The van der Waals surface area contributed by atoms with Gasteiger partial charge in [0.1, 0.15) is 0 Å². The van der Waals surface area contributed by atoms with Gasteiger partial charge in [-0.15, -0.1) is 0 Å². The van der Waals surface area contributed by atoms with Crippen LogP contribution in [-0.2, 0) is 22.7 Å². The van der Waals surface area contributed by atoms with Gasteiger partial charge in [-0.25, -0.2) is 13.2 Å². The number of fused-ring (bicyclic) bond motifs is 1. The molecule has 1 aromatic carbocycles. The third-order valence-corrected chi connectivity index (χ3v) is 5.59. The minimum atomic E-state index is -2.95. The lowest BCUT2D eigenvalue weighted by Gasteiger charge is -2.26. The highest BCUT2D eigenvalue weighted by atomic mass is 32.2. The lowest BCUT2D eigenvalue weighted by molar-refractivity contribution is 0.216. The van der Waals surface area contributed by atoms with E-state index in [9.17, 15) is 13.2 Å². The van der Waals surface area contributed by atoms with Gasteiger partial charge in [0, 0.05) is 18.8 Å². The molecule has 1 saturated heterocycles. The van der Waals surface area contributed by atoms with Crippen LogP contribution in [0.25, 0.3) is 0 Å². The molecule has 2 amide bonds. The number of benzene rings is 1. The lowest BCUT2D eigenvalue weighted by atomic mass is 10.1. The quantitative estimate of drug-likeness (QED) is 0.852. The van der Waals surface area contributed by atoms with E-state index in [1.54, 1.807) is 4.90 Å². The summed E-state index contributed by atoms with van der Waals surface area (Å²) >= 11 is 0. The van der Waals surface area contributed by atoms with E-state index in [1.807, 2.05) is 12.1 Å². The van der Waals surface area contributed by atoms with Crippen LogP contribution in [0.4, 0.5) is 10.5 Å². The van der Waals surface area contributed by atoms with Crippen LogP contribution in [-0.4, -0.2) is 43.9 Å². The van der Waals surface area contributed by atoms with Crippen LogP contribution in [0, 0.1) is 0 Å². The minimum Gasteiger partial charge on any atom is -0.322 e. The monoisotopic (exact) mass is 294 g/mol. The van der Waals surface area contributed by atoms with Crippen LogP contribution in [0.5, 0.6) is 0 Å². The Morgan fingerprint density at radius 2 is 1.80 bits per heavy atom. The zero-order valence-electron chi connectivity index (χ0n) is 11.3. The molecule has 1 N–H and O–H groups in total. The molecule has 1 heterocycles. The number of anilines is 1. The first kappa shape index (κ1) is 13.4. The van der Waals surface area contributed by atoms with Gasteiger partial charge >= 0.3 is 6.03 Å². The standard InChI is InChI=1S/C14H18N2O3S/c17-14(16-6-8-20(18,19)9-7-16)15-13-5-4-11-2-1-3-12(11)10-13/h4-5,10H,1-3,6-9H2,(H,15,17). The minimum absolute atomic E-state index is 0.0601. The number of urea groups is 1. The summed E-state index contributed by atoms with van der Waals surface area (Å²) in [7, 11) is -2.95. The molecule has 1 fully saturated rings. The maximum absolute atomic E-state index is 12.1. The number of aryl methyl sites for hydroxylation is 2. The van der Waals surface area contributed by atoms with Gasteiger partial charge in [-0.1, -0.05) is 6.07 Å². The molecule has 0 atom stereocenters. The molecule has 0 radical (unpaired) electrons. The summed E-state index contributed by atoms with van der Waals surface area (Å²) in [6.45, 7) is 0.554. The third kappa shape index (κ3) is 2.80. The topological polar surface area (TPSA) is 66.5 Å². The largest absolute Gasteiger partial charge is 0.322 e. The number of nitrogens with zero attached hydrogens (tertiary/aromatic N) is 1. The molecule has 3 rings (SSSR count). The molecule has 1 aliphatic heterocycles. The number of carbonyl (C=O) groups is 1. The molecule has 0 bridgehead atoms. The summed E-state index contributed by atoms with van der Waals surface area (Å²) in [6, 6.07) is 5.81. The average Bonchev–Trinajstić information content (AvgIpc) is 2.86. The van der Waals surface area contributed by atoms with Crippen LogP contribution in [0.1, 0.15) is 17.5 Å². The van der Waals surface area contributed by atoms with Gasteiger partial charge in [0.15, 0.2) is 9.84 Å². The Morgan fingerprint density at radius 3 is 2.55 bits per heavy atom. The van der Waals surface area contributed by atoms with E-state index >= 15 is 0 Å². The van der Waals surface area contributed by atoms with Crippen molar-refractivity contribution in [2.45, 2.75) is 19.3 Å². The second-order valence-electron chi connectivity index (χ2n) is 5.41. The number of sulfone groups is 1. The van der Waals surface area contributed by atoms with Gasteiger partial charge < -0.3 is 10.2 Å². The summed E-state index contributed by atoms with van der Waals surface area (Å²) in [5, 5.41) is 2.86. The van der Waals surface area contributed by atoms with Gasteiger partial charge in [-0.3, -0.25) is 0 Å². The fourth-order valence-electron chi connectivity index (χ4n) is 2.77. The molecule has 6 heteroatoms. The lowest BCUT2D eigenvalue weighted by Crippen LogP contribution is -2.45. The first-order valence-corrected chi connectivity index (χ1v) is 8.74. The molecule has 0 aromatic heterocycles. The van der Waals surface area contributed by atoms with E-state index < -0.39 is 9.84 Å². The molecule has 5 nitrogen and oxygen atoms in total. The van der Waals surface area contributed by atoms with E-state index in [1.165, 1.54) is 17.5 Å². The van der Waals surface area contributed by atoms with Crippen LogP contribution in [0.15, 0.2) is 18.2 Å². The second kappa shape index (κ2) is 5.09. The summed E-state index contributed by atoms with van der Waals surface area (Å²) in [4.78, 5) is 13.7. The van der Waals surface area contributed by atoms with E-state index in [0.717, 1.165) is 18.5 Å². The number of hydrogen-bond donors (Lipinski definition) is 1. The summed E-state index contributed by atoms with van der Waals surface area (Å²) in [6.07, 6.45) is 3.37. The maximum atomic E-state index is 12.1. The zero-order valence-corrected chi connectivity index (χ0v) is 12.1. The normalized spacial score (nSPS) is 20.5. The first-order chi connectivity index (χ1) is 9.53. The molecule has 108 valence electrons. The van der Waals surface area contributed by atoms with Gasteiger partial charge in [-0.2, -0.15) is 0 Å². The number of rotatable bonds is 1. The SMILES string of the molecule is O=C(Nc1ccc2c(c1)CCC2)N1CCS(=O)(=O)CC1. The molecule has 20 heavy (non-hydrogen) atoms. The van der Waals surface area contributed by atoms with Gasteiger partial charge in [0.2, 0.25) is 0 Å². The number of nitrogens with one attached hydrogen (secondary N) is 1. The van der Waals surface area contributed by atoms with Crippen molar-refractivity contribution in [1.82, 2.24) is 4.90 Å².